The first kappa shape index (κ1) is 17.7. The van der Waals surface area contributed by atoms with E-state index in [0.717, 1.165) is 25.7 Å². The fourth-order valence-electron chi connectivity index (χ4n) is 2.84. The van der Waals surface area contributed by atoms with Crippen molar-refractivity contribution in [2.75, 3.05) is 0 Å². The minimum atomic E-state index is -3.67. The van der Waals surface area contributed by atoms with Crippen LogP contribution in [0.15, 0.2) is 52.0 Å². The number of rotatable bonds is 6. The molecule has 0 amide bonds. The maximum Gasteiger partial charge on any atom is 0.338 e. The summed E-state index contributed by atoms with van der Waals surface area (Å²) in [7, 11) is -3.67. The second-order valence-corrected chi connectivity index (χ2v) is 7.86. The van der Waals surface area contributed by atoms with Gasteiger partial charge in [0.1, 0.15) is 11.9 Å². The lowest BCUT2D eigenvalue weighted by molar-refractivity contribution is 0.0211. The normalized spacial score (nSPS) is 15.8. The van der Waals surface area contributed by atoms with Gasteiger partial charge in [0.2, 0.25) is 10.0 Å². The Labute approximate surface area is 147 Å². The number of hydrogen-bond acceptors (Lipinski definition) is 5. The first-order chi connectivity index (χ1) is 12.0. The summed E-state index contributed by atoms with van der Waals surface area (Å²) in [6, 6.07) is 9.15. The van der Waals surface area contributed by atoms with Crippen molar-refractivity contribution in [1.29, 1.82) is 0 Å². The average Bonchev–Trinajstić information content (AvgIpc) is 3.15. The number of nitrogens with one attached hydrogen (secondary N) is 1. The molecule has 0 unspecified atom stereocenters. The van der Waals surface area contributed by atoms with Gasteiger partial charge in [-0.1, -0.05) is 6.42 Å². The van der Waals surface area contributed by atoms with Crippen LogP contribution < -0.4 is 4.72 Å². The maximum atomic E-state index is 12.3. The molecule has 3 rings (SSSR count). The lowest BCUT2D eigenvalue weighted by Gasteiger charge is -2.21. The lowest BCUT2D eigenvalue weighted by atomic mass is 9.98. The molecule has 7 heteroatoms. The standard InChI is InChI=1S/C18H21NO5S/c20-18(24-15-5-2-1-3-6-15)14-8-10-17(11-9-14)25(21,22)19-13-16-7-4-12-23-16/h4,7-12,15,19H,1-3,5-6,13H2. The summed E-state index contributed by atoms with van der Waals surface area (Å²) in [6.07, 6.45) is 6.60. The van der Waals surface area contributed by atoms with Gasteiger partial charge in [0, 0.05) is 0 Å². The van der Waals surface area contributed by atoms with Gasteiger partial charge in [-0.15, -0.1) is 0 Å². The van der Waals surface area contributed by atoms with Crippen molar-refractivity contribution in [2.24, 2.45) is 0 Å². The SMILES string of the molecule is O=C(OC1CCCCC1)c1ccc(S(=O)(=O)NCc2ccco2)cc1. The molecule has 1 fully saturated rings. The van der Waals surface area contributed by atoms with Crippen molar-refractivity contribution in [1.82, 2.24) is 4.72 Å². The number of esters is 1. The predicted octanol–water partition coefficient (Wildman–Crippen LogP) is 3.25. The van der Waals surface area contributed by atoms with E-state index in [1.807, 2.05) is 0 Å². The number of carbonyl (C=O) groups excluding carboxylic acids is 1. The summed E-state index contributed by atoms with van der Waals surface area (Å²) >= 11 is 0. The molecular formula is C18H21NO5S. The molecule has 0 spiro atoms. The molecule has 0 aliphatic heterocycles. The zero-order chi connectivity index (χ0) is 17.7. The molecule has 1 saturated carbocycles. The third-order valence-electron chi connectivity index (χ3n) is 4.24. The Balaban J connectivity index is 1.61. The second kappa shape index (κ2) is 7.84. The highest BCUT2D eigenvalue weighted by molar-refractivity contribution is 7.89. The van der Waals surface area contributed by atoms with Gasteiger partial charge in [0.15, 0.2) is 0 Å². The largest absolute Gasteiger partial charge is 0.468 e. The van der Waals surface area contributed by atoms with E-state index in [9.17, 15) is 13.2 Å². The lowest BCUT2D eigenvalue weighted by Crippen LogP contribution is -2.23. The van der Waals surface area contributed by atoms with Gasteiger partial charge in [-0.25, -0.2) is 17.9 Å². The Morgan fingerprint density at radius 2 is 1.84 bits per heavy atom. The van der Waals surface area contributed by atoms with E-state index in [-0.39, 0.29) is 17.5 Å². The van der Waals surface area contributed by atoms with E-state index in [2.05, 4.69) is 4.72 Å². The van der Waals surface area contributed by atoms with Crippen molar-refractivity contribution < 1.29 is 22.4 Å². The maximum absolute atomic E-state index is 12.3. The van der Waals surface area contributed by atoms with E-state index in [1.54, 1.807) is 12.1 Å². The summed E-state index contributed by atoms with van der Waals surface area (Å²) in [6.45, 7) is 0.0702. The molecule has 0 saturated heterocycles. The Hall–Kier alpha value is -2.12. The van der Waals surface area contributed by atoms with Crippen LogP contribution in [0.4, 0.5) is 0 Å². The van der Waals surface area contributed by atoms with Gasteiger partial charge < -0.3 is 9.15 Å². The second-order valence-electron chi connectivity index (χ2n) is 6.09. The predicted molar refractivity (Wildman–Crippen MR) is 91.5 cm³/mol. The van der Waals surface area contributed by atoms with Crippen molar-refractivity contribution >= 4 is 16.0 Å². The summed E-state index contributed by atoms with van der Waals surface area (Å²) in [4.78, 5) is 12.2. The van der Waals surface area contributed by atoms with Gasteiger partial charge in [-0.3, -0.25) is 0 Å². The number of furan rings is 1. The number of ether oxygens (including phenoxy) is 1. The molecule has 1 heterocycles. The van der Waals surface area contributed by atoms with Crippen LogP contribution >= 0.6 is 0 Å². The molecule has 0 radical (unpaired) electrons. The van der Waals surface area contributed by atoms with Gasteiger partial charge in [-0.2, -0.15) is 0 Å². The summed E-state index contributed by atoms with van der Waals surface area (Å²) in [5.41, 5.74) is 0.357. The van der Waals surface area contributed by atoms with Gasteiger partial charge in [0.25, 0.3) is 0 Å². The monoisotopic (exact) mass is 363 g/mol. The van der Waals surface area contributed by atoms with E-state index in [0.29, 0.717) is 11.3 Å². The van der Waals surface area contributed by atoms with E-state index in [4.69, 9.17) is 9.15 Å². The Kier molecular flexibility index (Phi) is 5.55. The fourth-order valence-corrected chi connectivity index (χ4v) is 3.83. The van der Waals surface area contributed by atoms with Crippen LogP contribution in [0.5, 0.6) is 0 Å². The Morgan fingerprint density at radius 3 is 2.48 bits per heavy atom. The Bertz CT molecular complexity index is 791. The highest BCUT2D eigenvalue weighted by atomic mass is 32.2. The van der Waals surface area contributed by atoms with Crippen molar-refractivity contribution in [3.05, 3.63) is 54.0 Å². The van der Waals surface area contributed by atoms with Crippen molar-refractivity contribution in [2.45, 2.75) is 49.6 Å². The first-order valence-electron chi connectivity index (χ1n) is 8.38. The fraction of sp³-hybridized carbons (Fsp3) is 0.389. The molecule has 134 valence electrons. The highest BCUT2D eigenvalue weighted by Gasteiger charge is 2.20. The quantitative estimate of drug-likeness (QED) is 0.796. The molecule has 6 nitrogen and oxygen atoms in total. The summed E-state index contributed by atoms with van der Waals surface area (Å²) in [5.74, 6) is 0.121. The van der Waals surface area contributed by atoms with Crippen LogP contribution in [0, 0.1) is 0 Å². The topological polar surface area (TPSA) is 85.6 Å². The van der Waals surface area contributed by atoms with Crippen LogP contribution in [0.3, 0.4) is 0 Å². The summed E-state index contributed by atoms with van der Waals surface area (Å²) in [5, 5.41) is 0. The van der Waals surface area contributed by atoms with Crippen LogP contribution in [0.25, 0.3) is 0 Å². The molecule has 1 aromatic carbocycles. The molecule has 1 N–H and O–H groups in total. The summed E-state index contributed by atoms with van der Waals surface area (Å²) < 4.78 is 37.5. The van der Waals surface area contributed by atoms with E-state index >= 15 is 0 Å². The highest BCUT2D eigenvalue weighted by Crippen LogP contribution is 2.21. The Morgan fingerprint density at radius 1 is 1.12 bits per heavy atom. The van der Waals surface area contributed by atoms with Gasteiger partial charge in [-0.05, 0) is 62.1 Å². The molecule has 0 bridgehead atoms. The molecule has 25 heavy (non-hydrogen) atoms. The zero-order valence-electron chi connectivity index (χ0n) is 13.8. The van der Waals surface area contributed by atoms with Gasteiger partial charge >= 0.3 is 5.97 Å². The number of sulfonamides is 1. The number of hydrogen-bond donors (Lipinski definition) is 1. The minimum Gasteiger partial charge on any atom is -0.468 e. The first-order valence-corrected chi connectivity index (χ1v) is 9.86. The average molecular weight is 363 g/mol. The van der Waals surface area contributed by atoms with E-state index in [1.165, 1.54) is 36.9 Å². The van der Waals surface area contributed by atoms with Crippen LogP contribution in [0.2, 0.25) is 0 Å². The minimum absolute atomic E-state index is 0.0281. The smallest absolute Gasteiger partial charge is 0.338 e. The van der Waals surface area contributed by atoms with Crippen LogP contribution in [-0.2, 0) is 21.3 Å². The molecule has 1 aliphatic rings. The third kappa shape index (κ3) is 4.70. The zero-order valence-corrected chi connectivity index (χ0v) is 14.6. The number of benzene rings is 1. The van der Waals surface area contributed by atoms with Crippen LogP contribution in [0.1, 0.15) is 48.2 Å². The molecule has 1 aromatic heterocycles. The third-order valence-corrected chi connectivity index (χ3v) is 5.66. The van der Waals surface area contributed by atoms with Crippen molar-refractivity contribution in [3.8, 4) is 0 Å². The molecular weight excluding hydrogens is 342 g/mol. The molecule has 0 atom stereocenters. The number of carbonyl (C=O) groups is 1. The van der Waals surface area contributed by atoms with Gasteiger partial charge in [0.05, 0.1) is 23.3 Å². The van der Waals surface area contributed by atoms with E-state index < -0.39 is 16.0 Å². The molecule has 2 aromatic rings. The van der Waals surface area contributed by atoms with Crippen LogP contribution in [-0.4, -0.2) is 20.5 Å². The molecule has 1 aliphatic carbocycles. The van der Waals surface area contributed by atoms with Crippen molar-refractivity contribution in [3.63, 3.8) is 0 Å².